The molecule has 3 atom stereocenters. The molecule has 0 aliphatic heterocycles. The summed E-state index contributed by atoms with van der Waals surface area (Å²) in [6, 6.07) is 16.0. The first-order valence-electron chi connectivity index (χ1n) is 12.1. The molecule has 7 heteroatoms. The summed E-state index contributed by atoms with van der Waals surface area (Å²) < 4.78 is 5.53. The fraction of sp³-hybridized carbons (Fsp3) is 0.444. The van der Waals surface area contributed by atoms with Gasteiger partial charge in [0.05, 0.1) is 5.92 Å². The molecule has 0 spiro atoms. The maximum atomic E-state index is 12.5. The molecule has 1 fully saturated rings. The van der Waals surface area contributed by atoms with E-state index in [1.165, 1.54) is 11.1 Å². The van der Waals surface area contributed by atoms with Crippen LogP contribution in [0, 0.1) is 11.8 Å². The molecule has 0 bridgehead atoms. The lowest BCUT2D eigenvalue weighted by Gasteiger charge is -2.30. The van der Waals surface area contributed by atoms with Crippen molar-refractivity contribution in [2.75, 3.05) is 13.2 Å². The van der Waals surface area contributed by atoms with Crippen molar-refractivity contribution in [1.82, 2.24) is 10.6 Å². The van der Waals surface area contributed by atoms with E-state index in [0.29, 0.717) is 25.8 Å². The van der Waals surface area contributed by atoms with Gasteiger partial charge in [0.25, 0.3) is 0 Å². The molecule has 1 saturated carbocycles. The second-order valence-electron chi connectivity index (χ2n) is 9.29. The number of hydrogen-bond acceptors (Lipinski definition) is 4. The van der Waals surface area contributed by atoms with Crippen LogP contribution in [0.4, 0.5) is 4.79 Å². The average molecular weight is 465 g/mol. The molecular weight excluding hydrogens is 432 g/mol. The third-order valence-electron chi connectivity index (χ3n) is 7.05. The van der Waals surface area contributed by atoms with Crippen LogP contribution in [0.1, 0.15) is 56.1 Å². The molecule has 0 heterocycles. The first-order chi connectivity index (χ1) is 16.5. The summed E-state index contributed by atoms with van der Waals surface area (Å²) in [5.41, 5.74) is 4.67. The van der Waals surface area contributed by atoms with Crippen LogP contribution in [0.5, 0.6) is 0 Å². The van der Waals surface area contributed by atoms with Gasteiger partial charge in [-0.15, -0.1) is 0 Å². The van der Waals surface area contributed by atoms with E-state index in [1.54, 1.807) is 6.92 Å². The zero-order valence-electron chi connectivity index (χ0n) is 19.5. The minimum atomic E-state index is -0.852. The van der Waals surface area contributed by atoms with Crippen LogP contribution in [0.25, 0.3) is 11.1 Å². The predicted molar refractivity (Wildman–Crippen MR) is 128 cm³/mol. The third kappa shape index (κ3) is 5.24. The second-order valence-corrected chi connectivity index (χ2v) is 9.29. The Kier molecular flexibility index (Phi) is 7.50. The number of nitrogens with one attached hydrogen (secondary N) is 2. The second kappa shape index (κ2) is 10.7. The largest absolute Gasteiger partial charge is 0.481 e. The average Bonchev–Trinajstić information content (AvgIpc) is 3.16. The highest BCUT2D eigenvalue weighted by Gasteiger charge is 2.33. The van der Waals surface area contributed by atoms with Crippen LogP contribution < -0.4 is 10.6 Å². The Morgan fingerprint density at radius 3 is 2.26 bits per heavy atom. The minimum absolute atomic E-state index is 0.000487. The topological polar surface area (TPSA) is 105 Å². The van der Waals surface area contributed by atoms with Crippen LogP contribution in [0.2, 0.25) is 0 Å². The Morgan fingerprint density at radius 1 is 1.00 bits per heavy atom. The molecule has 2 aromatic carbocycles. The van der Waals surface area contributed by atoms with E-state index in [2.05, 4.69) is 34.9 Å². The number of carbonyl (C=O) groups is 3. The zero-order valence-corrected chi connectivity index (χ0v) is 19.5. The summed E-state index contributed by atoms with van der Waals surface area (Å²) in [5, 5.41) is 15.0. The lowest BCUT2D eigenvalue weighted by Crippen LogP contribution is -2.47. The van der Waals surface area contributed by atoms with Gasteiger partial charge in [-0.2, -0.15) is 0 Å². The van der Waals surface area contributed by atoms with E-state index in [4.69, 9.17) is 4.74 Å². The Morgan fingerprint density at radius 2 is 1.62 bits per heavy atom. The number of amides is 2. The number of carbonyl (C=O) groups excluding carboxylic acids is 2. The lowest BCUT2D eigenvalue weighted by molar-refractivity contribution is -0.144. The van der Waals surface area contributed by atoms with E-state index < -0.39 is 18.0 Å². The highest BCUT2D eigenvalue weighted by molar-refractivity contribution is 5.80. The van der Waals surface area contributed by atoms with Crippen LogP contribution in [0.3, 0.4) is 0 Å². The fourth-order valence-electron chi connectivity index (χ4n) is 5.10. The van der Waals surface area contributed by atoms with Gasteiger partial charge in [0.1, 0.15) is 6.61 Å². The first-order valence-corrected chi connectivity index (χ1v) is 12.1. The predicted octanol–water partition coefficient (Wildman–Crippen LogP) is 4.31. The molecule has 2 aromatic rings. The summed E-state index contributed by atoms with van der Waals surface area (Å²) in [7, 11) is 0. The van der Waals surface area contributed by atoms with Crippen molar-refractivity contribution in [3.63, 3.8) is 0 Å². The Balaban J connectivity index is 1.23. The minimum Gasteiger partial charge on any atom is -0.481 e. The number of ether oxygens (including phenoxy) is 1. The smallest absolute Gasteiger partial charge is 0.407 e. The van der Waals surface area contributed by atoms with E-state index >= 15 is 0 Å². The molecule has 3 N–H and O–H groups in total. The molecule has 180 valence electrons. The summed E-state index contributed by atoms with van der Waals surface area (Å²) in [4.78, 5) is 36.3. The Bertz CT molecular complexity index is 1010. The number of hydrogen-bond donors (Lipinski definition) is 3. The van der Waals surface area contributed by atoms with E-state index in [-0.39, 0.29) is 30.4 Å². The lowest BCUT2D eigenvalue weighted by atomic mass is 9.84. The number of carboxylic acids is 1. The van der Waals surface area contributed by atoms with Gasteiger partial charge in [-0.05, 0) is 41.5 Å². The van der Waals surface area contributed by atoms with Gasteiger partial charge in [0, 0.05) is 24.4 Å². The van der Waals surface area contributed by atoms with Gasteiger partial charge in [-0.25, -0.2) is 4.79 Å². The maximum Gasteiger partial charge on any atom is 0.407 e. The molecule has 1 unspecified atom stereocenters. The number of carboxylic acid groups (broad SMARTS) is 1. The third-order valence-corrected chi connectivity index (χ3v) is 7.05. The molecule has 0 aromatic heterocycles. The maximum absolute atomic E-state index is 12.5. The van der Waals surface area contributed by atoms with E-state index in [9.17, 15) is 19.5 Å². The standard InChI is InChI=1S/C27H32N2O5/c1-17(25(30)29-24-13-7-6-12-22(24)26(31)32)14-15-28-27(33)34-16-23-20-10-4-2-8-18(20)19-9-3-5-11-21(19)23/h2-5,8-11,17,22-24H,6-7,12-16H2,1H3,(H,28,33)(H,29,30)(H,31,32)/t17?,22-,24+/m0/s1. The molecule has 0 radical (unpaired) electrons. The van der Waals surface area contributed by atoms with Crippen LogP contribution in [-0.2, 0) is 14.3 Å². The number of alkyl carbamates (subject to hydrolysis) is 1. The van der Waals surface area contributed by atoms with Crippen molar-refractivity contribution >= 4 is 18.0 Å². The Labute approximate surface area is 199 Å². The van der Waals surface area contributed by atoms with Gasteiger partial charge in [0.15, 0.2) is 0 Å². The molecule has 2 amide bonds. The van der Waals surface area contributed by atoms with Gasteiger partial charge in [-0.1, -0.05) is 68.3 Å². The highest BCUT2D eigenvalue weighted by Crippen LogP contribution is 2.44. The first kappa shape index (κ1) is 23.8. The van der Waals surface area contributed by atoms with E-state index in [0.717, 1.165) is 24.0 Å². The summed E-state index contributed by atoms with van der Waals surface area (Å²) in [6.45, 7) is 2.33. The van der Waals surface area contributed by atoms with Gasteiger partial charge in [-0.3, -0.25) is 9.59 Å². The van der Waals surface area contributed by atoms with E-state index in [1.807, 2.05) is 24.3 Å². The van der Waals surface area contributed by atoms with Crippen molar-refractivity contribution in [2.45, 2.75) is 51.0 Å². The number of rotatable bonds is 8. The van der Waals surface area contributed by atoms with Gasteiger partial charge >= 0.3 is 12.1 Å². The Hall–Kier alpha value is -3.35. The fourth-order valence-corrected chi connectivity index (χ4v) is 5.10. The summed E-state index contributed by atoms with van der Waals surface area (Å²) >= 11 is 0. The van der Waals surface area contributed by atoms with Crippen LogP contribution in [0.15, 0.2) is 48.5 Å². The molecule has 2 aliphatic rings. The van der Waals surface area contributed by atoms with Crippen LogP contribution >= 0.6 is 0 Å². The summed E-state index contributed by atoms with van der Waals surface area (Å²) in [6.07, 6.45) is 3.02. The van der Waals surface area contributed by atoms with Crippen molar-refractivity contribution < 1.29 is 24.2 Å². The van der Waals surface area contributed by atoms with Crippen molar-refractivity contribution in [2.24, 2.45) is 11.8 Å². The number of fused-ring (bicyclic) bond motifs is 3. The summed E-state index contributed by atoms with van der Waals surface area (Å²) in [5.74, 6) is -1.89. The zero-order chi connectivity index (χ0) is 24.1. The SMILES string of the molecule is CC(CCNC(=O)OCC1c2ccccc2-c2ccccc21)C(=O)N[C@@H]1CCCC[C@@H]1C(=O)O. The molecule has 0 saturated heterocycles. The van der Waals surface area contributed by atoms with Crippen molar-refractivity contribution in [3.8, 4) is 11.1 Å². The molecule has 4 rings (SSSR count). The van der Waals surface area contributed by atoms with Crippen molar-refractivity contribution in [3.05, 3.63) is 59.7 Å². The quantitative estimate of drug-likeness (QED) is 0.540. The van der Waals surface area contributed by atoms with Crippen molar-refractivity contribution in [1.29, 1.82) is 0 Å². The molecule has 7 nitrogen and oxygen atoms in total. The van der Waals surface area contributed by atoms with Crippen LogP contribution in [-0.4, -0.2) is 42.3 Å². The normalized spacial score (nSPS) is 20.0. The van der Waals surface area contributed by atoms with Gasteiger partial charge in [0.2, 0.25) is 5.91 Å². The highest BCUT2D eigenvalue weighted by atomic mass is 16.5. The molecular formula is C27H32N2O5. The molecule has 34 heavy (non-hydrogen) atoms. The monoisotopic (exact) mass is 464 g/mol. The number of benzene rings is 2. The molecule has 2 aliphatic carbocycles. The van der Waals surface area contributed by atoms with Gasteiger partial charge < -0.3 is 20.5 Å². The number of aliphatic carboxylic acids is 1.